The number of unbranched alkanes of at least 4 members (excludes halogenated alkanes) is 2. The predicted molar refractivity (Wildman–Crippen MR) is 65.9 cm³/mol. The molecule has 0 saturated carbocycles. The van der Waals surface area contributed by atoms with Crippen LogP contribution < -0.4 is 5.32 Å². The van der Waals surface area contributed by atoms with E-state index in [-0.39, 0.29) is 11.3 Å². The Kier molecular flexibility index (Phi) is 6.44. The van der Waals surface area contributed by atoms with Crippen molar-refractivity contribution < 1.29 is 8.42 Å². The molecule has 0 rings (SSSR count). The lowest BCUT2D eigenvalue weighted by Crippen LogP contribution is -2.36. The van der Waals surface area contributed by atoms with Crippen molar-refractivity contribution in [1.29, 1.82) is 0 Å². The van der Waals surface area contributed by atoms with Crippen molar-refractivity contribution in [2.24, 2.45) is 0 Å². The third-order valence-electron chi connectivity index (χ3n) is 2.23. The first kappa shape index (κ1) is 14.9. The minimum absolute atomic E-state index is 0.162. The lowest BCUT2D eigenvalue weighted by Gasteiger charge is -2.20. The minimum atomic E-state index is -2.76. The molecule has 92 valence electrons. The summed E-state index contributed by atoms with van der Waals surface area (Å²) in [5.41, 5.74) is 0.162. The molecular weight excluding hydrogens is 210 g/mol. The molecule has 0 amide bonds. The van der Waals surface area contributed by atoms with E-state index in [1.807, 2.05) is 0 Å². The lowest BCUT2D eigenvalue weighted by molar-refractivity contribution is 0.418. The number of hydrogen-bond acceptors (Lipinski definition) is 3. The van der Waals surface area contributed by atoms with Gasteiger partial charge in [-0.1, -0.05) is 13.3 Å². The smallest absolute Gasteiger partial charge is 0.150 e. The van der Waals surface area contributed by atoms with E-state index in [2.05, 4.69) is 26.1 Å². The molecule has 4 heteroatoms. The van der Waals surface area contributed by atoms with Crippen molar-refractivity contribution in [3.05, 3.63) is 0 Å². The fourth-order valence-corrected chi connectivity index (χ4v) is 2.16. The molecule has 0 spiro atoms. The highest BCUT2D eigenvalue weighted by Gasteiger charge is 2.08. The third-order valence-corrected chi connectivity index (χ3v) is 4.02. The molecule has 0 atom stereocenters. The van der Waals surface area contributed by atoms with Crippen LogP contribution in [0.15, 0.2) is 0 Å². The lowest BCUT2D eigenvalue weighted by atomic mass is 10.1. The summed E-state index contributed by atoms with van der Waals surface area (Å²) in [5, 5.41) is 3.38. The van der Waals surface area contributed by atoms with Gasteiger partial charge in [0.2, 0.25) is 0 Å². The highest BCUT2D eigenvalue weighted by atomic mass is 32.2. The standard InChI is InChI=1S/C11H25NO2S/c1-5-15(13,14)10-8-6-7-9-12-11(2,3)4/h12H,5-10H2,1-4H3. The van der Waals surface area contributed by atoms with E-state index in [0.717, 1.165) is 25.8 Å². The van der Waals surface area contributed by atoms with Gasteiger partial charge in [-0.2, -0.15) is 0 Å². The number of sulfone groups is 1. The Balaban J connectivity index is 3.42. The van der Waals surface area contributed by atoms with Gasteiger partial charge >= 0.3 is 0 Å². The minimum Gasteiger partial charge on any atom is -0.312 e. The molecule has 0 aliphatic rings. The molecule has 1 N–H and O–H groups in total. The Morgan fingerprint density at radius 2 is 1.67 bits per heavy atom. The van der Waals surface area contributed by atoms with Crippen LogP contribution >= 0.6 is 0 Å². The van der Waals surface area contributed by atoms with Crippen molar-refractivity contribution in [3.63, 3.8) is 0 Å². The first-order valence-corrected chi connectivity index (χ1v) is 7.54. The Labute approximate surface area is 94.6 Å². The predicted octanol–water partition coefficient (Wildman–Crippen LogP) is 1.98. The summed E-state index contributed by atoms with van der Waals surface area (Å²) in [5.74, 6) is 0.617. The second-order valence-electron chi connectivity index (χ2n) is 4.97. The zero-order valence-corrected chi connectivity index (χ0v) is 11.3. The van der Waals surface area contributed by atoms with Gasteiger partial charge < -0.3 is 5.32 Å². The molecule has 0 bridgehead atoms. The zero-order valence-electron chi connectivity index (χ0n) is 10.5. The van der Waals surface area contributed by atoms with Crippen LogP contribution in [-0.4, -0.2) is 32.0 Å². The van der Waals surface area contributed by atoms with E-state index in [9.17, 15) is 8.42 Å². The Bertz CT molecular complexity index is 252. The van der Waals surface area contributed by atoms with Crippen LogP contribution in [0.3, 0.4) is 0 Å². The summed E-state index contributed by atoms with van der Waals surface area (Å²) in [4.78, 5) is 0. The van der Waals surface area contributed by atoms with Crippen LogP contribution in [0.5, 0.6) is 0 Å². The van der Waals surface area contributed by atoms with E-state index in [4.69, 9.17) is 0 Å². The monoisotopic (exact) mass is 235 g/mol. The average Bonchev–Trinajstić information content (AvgIpc) is 2.09. The Morgan fingerprint density at radius 1 is 1.07 bits per heavy atom. The van der Waals surface area contributed by atoms with Crippen molar-refractivity contribution in [3.8, 4) is 0 Å². The van der Waals surface area contributed by atoms with E-state index in [0.29, 0.717) is 5.75 Å². The SMILES string of the molecule is CCS(=O)(=O)CCCCCNC(C)(C)C. The van der Waals surface area contributed by atoms with E-state index < -0.39 is 9.84 Å². The topological polar surface area (TPSA) is 46.2 Å². The molecular formula is C11H25NO2S. The zero-order chi connectivity index (χ0) is 11.9. The number of hydrogen-bond donors (Lipinski definition) is 1. The van der Waals surface area contributed by atoms with Gasteiger partial charge in [-0.05, 0) is 40.2 Å². The molecule has 0 aromatic rings. The van der Waals surface area contributed by atoms with Crippen LogP contribution in [0.25, 0.3) is 0 Å². The molecule has 0 fully saturated rings. The summed E-state index contributed by atoms with van der Waals surface area (Å²) < 4.78 is 22.4. The maximum absolute atomic E-state index is 11.2. The molecule has 0 radical (unpaired) electrons. The maximum atomic E-state index is 11.2. The third kappa shape index (κ3) is 10.2. The molecule has 0 heterocycles. The van der Waals surface area contributed by atoms with Crippen LogP contribution in [0.4, 0.5) is 0 Å². The van der Waals surface area contributed by atoms with E-state index in [1.165, 1.54) is 0 Å². The van der Waals surface area contributed by atoms with Crippen molar-refractivity contribution in [2.45, 2.75) is 52.5 Å². The van der Waals surface area contributed by atoms with E-state index in [1.54, 1.807) is 6.92 Å². The average molecular weight is 235 g/mol. The molecule has 0 unspecified atom stereocenters. The van der Waals surface area contributed by atoms with Gasteiger partial charge in [0.25, 0.3) is 0 Å². The van der Waals surface area contributed by atoms with Gasteiger partial charge in [0.1, 0.15) is 9.84 Å². The van der Waals surface area contributed by atoms with Crippen molar-refractivity contribution in [2.75, 3.05) is 18.1 Å². The normalized spacial score (nSPS) is 13.1. The Morgan fingerprint density at radius 3 is 2.13 bits per heavy atom. The summed E-state index contributed by atoms with van der Waals surface area (Å²) >= 11 is 0. The summed E-state index contributed by atoms with van der Waals surface area (Å²) in [6.07, 6.45) is 2.83. The molecule has 0 aliphatic carbocycles. The van der Waals surface area contributed by atoms with Crippen molar-refractivity contribution in [1.82, 2.24) is 5.32 Å². The van der Waals surface area contributed by atoms with Crippen LogP contribution in [0.1, 0.15) is 47.0 Å². The largest absolute Gasteiger partial charge is 0.312 e. The van der Waals surface area contributed by atoms with Gasteiger partial charge in [0.05, 0.1) is 5.75 Å². The Hall–Kier alpha value is -0.0900. The van der Waals surface area contributed by atoms with Gasteiger partial charge in [-0.3, -0.25) is 0 Å². The first-order chi connectivity index (χ1) is 6.77. The summed E-state index contributed by atoms with van der Waals surface area (Å²) in [6, 6.07) is 0. The molecule has 0 aromatic heterocycles. The number of nitrogens with one attached hydrogen (secondary N) is 1. The number of rotatable bonds is 7. The summed E-state index contributed by atoms with van der Waals surface area (Å²) in [7, 11) is -2.76. The second kappa shape index (κ2) is 6.48. The van der Waals surface area contributed by atoms with Gasteiger partial charge in [0, 0.05) is 11.3 Å². The quantitative estimate of drug-likeness (QED) is 0.686. The highest BCUT2D eigenvalue weighted by molar-refractivity contribution is 7.91. The molecule has 0 aromatic carbocycles. The summed E-state index contributed by atoms with van der Waals surface area (Å²) in [6.45, 7) is 9.07. The fraction of sp³-hybridized carbons (Fsp3) is 1.00. The first-order valence-electron chi connectivity index (χ1n) is 5.72. The maximum Gasteiger partial charge on any atom is 0.150 e. The molecule has 0 saturated heterocycles. The van der Waals surface area contributed by atoms with Crippen molar-refractivity contribution >= 4 is 9.84 Å². The van der Waals surface area contributed by atoms with Gasteiger partial charge in [0.15, 0.2) is 0 Å². The van der Waals surface area contributed by atoms with Crippen LogP contribution in [0.2, 0.25) is 0 Å². The van der Waals surface area contributed by atoms with Gasteiger partial charge in [-0.25, -0.2) is 8.42 Å². The van der Waals surface area contributed by atoms with Crippen LogP contribution in [-0.2, 0) is 9.84 Å². The van der Waals surface area contributed by atoms with E-state index >= 15 is 0 Å². The molecule has 15 heavy (non-hydrogen) atoms. The molecule has 0 aliphatic heterocycles. The molecule has 3 nitrogen and oxygen atoms in total. The van der Waals surface area contributed by atoms with Gasteiger partial charge in [-0.15, -0.1) is 0 Å². The van der Waals surface area contributed by atoms with Crippen LogP contribution in [0, 0.1) is 0 Å². The highest BCUT2D eigenvalue weighted by Crippen LogP contribution is 2.02. The second-order valence-corrected chi connectivity index (χ2v) is 7.45. The fourth-order valence-electron chi connectivity index (χ4n) is 1.23.